The largest absolute Gasteiger partial charge is 0.412 e. The van der Waals surface area contributed by atoms with Gasteiger partial charge in [0, 0.05) is 0 Å². The average Bonchev–Trinajstić information content (AvgIpc) is 1.41. The lowest BCUT2D eigenvalue weighted by Crippen LogP contribution is -2.21. The lowest BCUT2D eigenvalue weighted by molar-refractivity contribution is 0.0512. The van der Waals surface area contributed by atoms with Crippen molar-refractivity contribution in [1.29, 1.82) is 0 Å². The van der Waals surface area contributed by atoms with E-state index in [1.165, 1.54) is 0 Å². The zero-order chi connectivity index (χ0) is 4.12. The van der Waals surface area contributed by atoms with Crippen LogP contribution in [0.25, 0.3) is 0 Å². The van der Waals surface area contributed by atoms with Gasteiger partial charge >= 0.3 is 0 Å². The fourth-order valence-electron chi connectivity index (χ4n) is 0.0833. The van der Waals surface area contributed by atoms with Crippen molar-refractivity contribution in [3.8, 4) is 0 Å². The number of rotatable bonds is 2. The van der Waals surface area contributed by atoms with Gasteiger partial charge in [-0.1, -0.05) is 0 Å². The number of hydrogen-bond donors (Lipinski definition) is 2. The third kappa shape index (κ3) is 9.15. The zero-order valence-corrected chi connectivity index (χ0v) is 3.69. The summed E-state index contributed by atoms with van der Waals surface area (Å²) in [6.07, 6.45) is 0. The molecule has 0 aliphatic rings. The molecule has 6 heavy (non-hydrogen) atoms. The molecule has 0 unspecified atom stereocenters. The van der Waals surface area contributed by atoms with E-state index < -0.39 is 0 Å². The number of nitrogens with one attached hydrogen (secondary N) is 1. The van der Waals surface area contributed by atoms with Crippen molar-refractivity contribution in [3.63, 3.8) is 0 Å². The highest BCUT2D eigenvalue weighted by Gasteiger charge is 1.61. The van der Waals surface area contributed by atoms with Crippen molar-refractivity contribution >= 4 is 0 Å². The van der Waals surface area contributed by atoms with E-state index in [9.17, 15) is 0 Å². The summed E-state index contributed by atoms with van der Waals surface area (Å²) in [5.41, 5.74) is 2.02. The minimum atomic E-state index is 0. The maximum atomic E-state index is 4.67. The van der Waals surface area contributed by atoms with Gasteiger partial charge in [0.1, 0.15) is 0 Å². The highest BCUT2D eigenvalue weighted by atomic mass is 16.7. The quantitative estimate of drug-likeness (QED) is 0.325. The van der Waals surface area contributed by atoms with Crippen LogP contribution in [-0.4, -0.2) is 12.1 Å². The van der Waals surface area contributed by atoms with Gasteiger partial charge in [-0.05, 0) is 6.92 Å². The molecule has 0 aromatic carbocycles. The lowest BCUT2D eigenvalue weighted by atomic mass is 10.9. The summed E-state index contributed by atoms with van der Waals surface area (Å²) in [4.78, 5) is 4.36. The van der Waals surface area contributed by atoms with E-state index in [0.717, 1.165) is 0 Å². The van der Waals surface area contributed by atoms with E-state index in [2.05, 4.69) is 10.7 Å². The molecule has 4 nitrogen and oxygen atoms in total. The Hall–Kier alpha value is -0.160. The van der Waals surface area contributed by atoms with Crippen LogP contribution in [0.5, 0.6) is 0 Å². The van der Waals surface area contributed by atoms with Gasteiger partial charge in [0.15, 0.2) is 0 Å². The van der Waals surface area contributed by atoms with E-state index in [1.807, 2.05) is 12.5 Å². The predicted octanol–water partition coefficient (Wildman–Crippen LogP) is -1.42. The van der Waals surface area contributed by atoms with Crippen molar-refractivity contribution in [2.24, 2.45) is 5.84 Å². The Morgan fingerprint density at radius 1 is 1.83 bits per heavy atom. The average molecular weight is 94.1 g/mol. The first-order valence-electron chi connectivity index (χ1n) is 1.49. The van der Waals surface area contributed by atoms with Gasteiger partial charge < -0.3 is 5.48 Å². The maximum Gasteiger partial charge on any atom is 0.0670 e. The summed E-state index contributed by atoms with van der Waals surface area (Å²) in [5.74, 6) is 4.67. The van der Waals surface area contributed by atoms with Gasteiger partial charge in [-0.15, -0.1) is 5.59 Å². The molecule has 0 spiro atoms. The van der Waals surface area contributed by atoms with Gasteiger partial charge in [0.05, 0.1) is 6.61 Å². The molecule has 0 saturated heterocycles. The first kappa shape index (κ1) is 9.28. The molecule has 40 valence electrons. The van der Waals surface area contributed by atoms with Crippen LogP contribution in [0, 0.1) is 0 Å². The van der Waals surface area contributed by atoms with E-state index in [4.69, 9.17) is 0 Å². The molecule has 4 heteroatoms. The minimum Gasteiger partial charge on any atom is -0.412 e. The summed E-state index contributed by atoms with van der Waals surface area (Å²) in [7, 11) is 0. The fourth-order valence-corrected chi connectivity index (χ4v) is 0.0833. The molecular weight excluding hydrogens is 84.0 g/mol. The fraction of sp³-hybridized carbons (Fsp3) is 1.00. The summed E-state index contributed by atoms with van der Waals surface area (Å²) in [5, 5.41) is 0. The Kier molecular flexibility index (Phi) is 13.7. The van der Waals surface area contributed by atoms with Crippen LogP contribution >= 0.6 is 0 Å². The summed E-state index contributed by atoms with van der Waals surface area (Å²) < 4.78 is 0. The van der Waals surface area contributed by atoms with Gasteiger partial charge in [0.2, 0.25) is 0 Å². The Labute approximate surface area is 36.5 Å². The molecule has 0 aliphatic heterocycles. The van der Waals surface area contributed by atoms with Gasteiger partial charge in [0.25, 0.3) is 0 Å². The Morgan fingerprint density at radius 2 is 2.33 bits per heavy atom. The molecule has 0 heterocycles. The monoisotopic (exact) mass is 94.1 g/mol. The standard InChI is InChI=1S/C2H8N2O.H2O/c1-2-5-4-3;/h4H,2-3H2,1H3;1H2. The number of hydrogen-bond acceptors (Lipinski definition) is 3. The van der Waals surface area contributed by atoms with E-state index in [0.29, 0.717) is 6.61 Å². The Balaban J connectivity index is 0. The third-order valence-electron chi connectivity index (χ3n) is 0.228. The molecule has 0 atom stereocenters. The number of nitrogens with two attached hydrogens (primary N) is 1. The molecule has 5 N–H and O–H groups in total. The smallest absolute Gasteiger partial charge is 0.0670 e. The molecule has 0 fully saturated rings. The summed E-state index contributed by atoms with van der Waals surface area (Å²) >= 11 is 0. The third-order valence-corrected chi connectivity index (χ3v) is 0.228. The summed E-state index contributed by atoms with van der Waals surface area (Å²) in [6.45, 7) is 2.45. The zero-order valence-electron chi connectivity index (χ0n) is 3.69. The Morgan fingerprint density at radius 3 is 2.33 bits per heavy atom. The normalized spacial score (nSPS) is 7.00. The number of hydrazine groups is 1. The van der Waals surface area contributed by atoms with Crippen molar-refractivity contribution in [1.82, 2.24) is 5.59 Å². The second kappa shape index (κ2) is 8.85. The van der Waals surface area contributed by atoms with Crippen LogP contribution in [0.15, 0.2) is 0 Å². The van der Waals surface area contributed by atoms with Crippen LogP contribution in [0.4, 0.5) is 0 Å². The van der Waals surface area contributed by atoms with Gasteiger partial charge in [-0.2, -0.15) is 0 Å². The van der Waals surface area contributed by atoms with Crippen LogP contribution < -0.4 is 11.4 Å². The highest BCUT2D eigenvalue weighted by Crippen LogP contribution is 1.51. The molecule has 0 saturated carbocycles. The van der Waals surface area contributed by atoms with Gasteiger partial charge in [-0.25, -0.2) is 5.84 Å². The predicted molar refractivity (Wildman–Crippen MR) is 22.6 cm³/mol. The molecule has 0 aliphatic carbocycles. The molecule has 0 aromatic rings. The second-order valence-electron chi connectivity index (χ2n) is 0.551. The summed E-state index contributed by atoms with van der Waals surface area (Å²) in [6, 6.07) is 0. The van der Waals surface area contributed by atoms with Crippen LogP contribution in [0.2, 0.25) is 0 Å². The molecule has 0 radical (unpaired) electrons. The van der Waals surface area contributed by atoms with Crippen molar-refractivity contribution in [2.75, 3.05) is 6.61 Å². The first-order valence-corrected chi connectivity index (χ1v) is 1.49. The highest BCUT2D eigenvalue weighted by molar-refractivity contribution is 3.95. The van der Waals surface area contributed by atoms with Crippen LogP contribution in [-0.2, 0) is 4.84 Å². The van der Waals surface area contributed by atoms with Crippen molar-refractivity contribution in [2.45, 2.75) is 6.92 Å². The second-order valence-corrected chi connectivity index (χ2v) is 0.551. The van der Waals surface area contributed by atoms with E-state index in [1.54, 1.807) is 0 Å². The van der Waals surface area contributed by atoms with Crippen molar-refractivity contribution in [3.05, 3.63) is 0 Å². The first-order chi connectivity index (χ1) is 2.41. The lowest BCUT2D eigenvalue weighted by Gasteiger charge is -1.88. The van der Waals surface area contributed by atoms with Gasteiger partial charge in [-0.3, -0.25) is 4.84 Å². The van der Waals surface area contributed by atoms with E-state index in [-0.39, 0.29) is 5.48 Å². The minimum absolute atomic E-state index is 0. The molecule has 0 aromatic heterocycles. The molecule has 0 amide bonds. The maximum absolute atomic E-state index is 4.67. The molecule has 0 bridgehead atoms. The van der Waals surface area contributed by atoms with E-state index >= 15 is 0 Å². The van der Waals surface area contributed by atoms with Crippen molar-refractivity contribution < 1.29 is 10.3 Å². The molecular formula is C2H10N2O2. The van der Waals surface area contributed by atoms with Crippen LogP contribution in [0.1, 0.15) is 6.92 Å². The SMILES string of the molecule is CCONN.O. The molecule has 0 rings (SSSR count). The topological polar surface area (TPSA) is 78.8 Å². The van der Waals surface area contributed by atoms with Crippen LogP contribution in [0.3, 0.4) is 0 Å². The Bertz CT molecular complexity index is 17.0.